The fourth-order valence-electron chi connectivity index (χ4n) is 2.40. The third-order valence-corrected chi connectivity index (χ3v) is 4.10. The smallest absolute Gasteiger partial charge is 0.252 e. The van der Waals surface area contributed by atoms with Crippen molar-refractivity contribution in [3.05, 3.63) is 58.9 Å². The molecule has 0 saturated heterocycles. The Balaban J connectivity index is 1.90. The molecule has 0 aliphatic carbocycles. The van der Waals surface area contributed by atoms with Crippen molar-refractivity contribution >= 4 is 23.2 Å². The van der Waals surface area contributed by atoms with Crippen molar-refractivity contribution in [2.45, 2.75) is 26.2 Å². The summed E-state index contributed by atoms with van der Waals surface area (Å²) in [4.78, 5) is 18.6. The van der Waals surface area contributed by atoms with Crippen molar-refractivity contribution in [1.82, 2.24) is 10.3 Å². The van der Waals surface area contributed by atoms with E-state index in [0.29, 0.717) is 17.1 Å². The van der Waals surface area contributed by atoms with Gasteiger partial charge in [0.15, 0.2) is 0 Å². The normalized spacial score (nSPS) is 10.5. The molecule has 4 nitrogen and oxygen atoms in total. The molecule has 1 aromatic carbocycles. The molecule has 0 atom stereocenters. The van der Waals surface area contributed by atoms with Gasteiger partial charge in [0.25, 0.3) is 5.91 Å². The number of carbonyl (C=O) groups is 1. The van der Waals surface area contributed by atoms with Crippen LogP contribution >= 0.6 is 11.6 Å². The maximum Gasteiger partial charge on any atom is 0.252 e. The fourth-order valence-corrected chi connectivity index (χ4v) is 2.61. The van der Waals surface area contributed by atoms with Crippen LogP contribution in [-0.4, -0.2) is 31.0 Å². The van der Waals surface area contributed by atoms with Gasteiger partial charge in [-0.05, 0) is 36.6 Å². The molecule has 1 heterocycles. The molecule has 0 bridgehead atoms. The molecule has 24 heavy (non-hydrogen) atoms. The highest BCUT2D eigenvalue weighted by atomic mass is 35.5. The Hall–Kier alpha value is -2.07. The van der Waals surface area contributed by atoms with Crippen molar-refractivity contribution in [1.29, 1.82) is 0 Å². The van der Waals surface area contributed by atoms with Gasteiger partial charge in [-0.25, -0.2) is 0 Å². The van der Waals surface area contributed by atoms with Crippen LogP contribution in [0, 0.1) is 0 Å². The van der Waals surface area contributed by atoms with Crippen LogP contribution in [0.15, 0.2) is 42.7 Å². The second-order valence-electron chi connectivity index (χ2n) is 5.84. The van der Waals surface area contributed by atoms with E-state index in [9.17, 15) is 4.79 Å². The van der Waals surface area contributed by atoms with Crippen molar-refractivity contribution < 1.29 is 4.79 Å². The summed E-state index contributed by atoms with van der Waals surface area (Å²) in [6.07, 6.45) is 6.40. The number of benzene rings is 1. The fraction of sp³-hybridized carbons (Fsp3) is 0.368. The minimum atomic E-state index is -0.102. The zero-order valence-electron chi connectivity index (χ0n) is 14.3. The number of rotatable bonds is 8. The molecule has 128 valence electrons. The zero-order chi connectivity index (χ0) is 17.4. The van der Waals surface area contributed by atoms with E-state index in [-0.39, 0.29) is 5.91 Å². The molecule has 0 saturated carbocycles. The predicted octanol–water partition coefficient (Wildman–Crippen LogP) is 3.94. The van der Waals surface area contributed by atoms with Crippen molar-refractivity contribution in [3.8, 4) is 0 Å². The zero-order valence-corrected chi connectivity index (χ0v) is 15.0. The first-order chi connectivity index (χ1) is 11.6. The van der Waals surface area contributed by atoms with E-state index in [4.69, 9.17) is 11.6 Å². The summed E-state index contributed by atoms with van der Waals surface area (Å²) in [6, 6.07) is 9.56. The van der Waals surface area contributed by atoms with Gasteiger partial charge < -0.3 is 10.2 Å². The van der Waals surface area contributed by atoms with Gasteiger partial charge in [0.2, 0.25) is 0 Å². The summed E-state index contributed by atoms with van der Waals surface area (Å²) >= 11 is 5.97. The Bertz CT molecular complexity index is 675. The van der Waals surface area contributed by atoms with Crippen molar-refractivity contribution in [2.75, 3.05) is 25.0 Å². The molecule has 0 aliphatic heterocycles. The quantitative estimate of drug-likeness (QED) is 0.788. The SMILES string of the molecule is CCCCN(C)c1cncc(C(=O)NCCc2cccc(Cl)c2)c1. The number of aromatic nitrogens is 1. The molecule has 5 heteroatoms. The number of pyridine rings is 1. The second-order valence-corrected chi connectivity index (χ2v) is 6.28. The summed E-state index contributed by atoms with van der Waals surface area (Å²) in [7, 11) is 2.02. The van der Waals surface area contributed by atoms with E-state index in [1.807, 2.05) is 37.4 Å². The number of hydrogen-bond donors (Lipinski definition) is 1. The lowest BCUT2D eigenvalue weighted by atomic mass is 10.1. The minimum Gasteiger partial charge on any atom is -0.373 e. The van der Waals surface area contributed by atoms with E-state index in [1.165, 1.54) is 0 Å². The Kier molecular flexibility index (Phi) is 7.07. The molecular weight excluding hydrogens is 322 g/mol. The maximum atomic E-state index is 12.3. The Morgan fingerprint density at radius 3 is 2.88 bits per heavy atom. The number of nitrogens with zero attached hydrogens (tertiary/aromatic N) is 2. The average molecular weight is 346 g/mol. The lowest BCUT2D eigenvalue weighted by molar-refractivity contribution is 0.0954. The van der Waals surface area contributed by atoms with Crippen LogP contribution in [0.3, 0.4) is 0 Å². The molecule has 0 aliphatic rings. The minimum absolute atomic E-state index is 0.102. The van der Waals surface area contributed by atoms with Crippen LogP contribution in [0.5, 0.6) is 0 Å². The largest absolute Gasteiger partial charge is 0.373 e. The number of nitrogens with one attached hydrogen (secondary N) is 1. The topological polar surface area (TPSA) is 45.2 Å². The van der Waals surface area contributed by atoms with Crippen molar-refractivity contribution in [2.24, 2.45) is 0 Å². The van der Waals surface area contributed by atoms with Gasteiger partial charge >= 0.3 is 0 Å². The first-order valence-corrected chi connectivity index (χ1v) is 8.66. The molecule has 2 aromatic rings. The summed E-state index contributed by atoms with van der Waals surface area (Å²) in [5.74, 6) is -0.102. The summed E-state index contributed by atoms with van der Waals surface area (Å²) in [5.41, 5.74) is 2.65. The lowest BCUT2D eigenvalue weighted by Gasteiger charge is -2.19. The highest BCUT2D eigenvalue weighted by Gasteiger charge is 2.08. The molecule has 1 amide bonds. The molecule has 0 unspecified atom stereocenters. The molecule has 0 fully saturated rings. The van der Waals surface area contributed by atoms with Crippen molar-refractivity contribution in [3.63, 3.8) is 0 Å². The van der Waals surface area contributed by atoms with E-state index in [2.05, 4.69) is 22.1 Å². The lowest BCUT2D eigenvalue weighted by Crippen LogP contribution is -2.26. The summed E-state index contributed by atoms with van der Waals surface area (Å²) < 4.78 is 0. The van der Waals surface area contributed by atoms with Crippen LogP contribution in [0.2, 0.25) is 5.02 Å². The van der Waals surface area contributed by atoms with Crippen LogP contribution in [0.1, 0.15) is 35.7 Å². The van der Waals surface area contributed by atoms with Gasteiger partial charge in [0.1, 0.15) is 0 Å². The summed E-state index contributed by atoms with van der Waals surface area (Å²) in [5, 5.41) is 3.65. The number of carbonyl (C=O) groups excluding carboxylic acids is 1. The Morgan fingerprint density at radius 1 is 1.29 bits per heavy atom. The molecule has 0 radical (unpaired) electrons. The molecule has 1 N–H and O–H groups in total. The monoisotopic (exact) mass is 345 g/mol. The first kappa shape index (κ1) is 18.3. The van der Waals surface area contributed by atoms with Gasteiger partial charge in [-0.2, -0.15) is 0 Å². The van der Waals surface area contributed by atoms with Gasteiger partial charge in [0.05, 0.1) is 17.4 Å². The number of anilines is 1. The van der Waals surface area contributed by atoms with Crippen LogP contribution < -0.4 is 10.2 Å². The molecule has 0 spiro atoms. The van der Waals surface area contributed by atoms with E-state index in [0.717, 1.165) is 37.1 Å². The van der Waals surface area contributed by atoms with Crippen LogP contribution in [0.25, 0.3) is 0 Å². The third-order valence-electron chi connectivity index (χ3n) is 3.86. The van der Waals surface area contributed by atoms with Crippen LogP contribution in [-0.2, 0) is 6.42 Å². The van der Waals surface area contributed by atoms with Gasteiger partial charge in [-0.15, -0.1) is 0 Å². The third kappa shape index (κ3) is 5.53. The van der Waals surface area contributed by atoms with E-state index >= 15 is 0 Å². The molecular formula is C19H24ClN3O. The average Bonchev–Trinajstić information content (AvgIpc) is 2.59. The standard InChI is InChI=1S/C19H24ClN3O/c1-3-4-10-23(2)18-12-16(13-21-14-18)19(24)22-9-8-15-6-5-7-17(20)11-15/h5-7,11-14H,3-4,8-10H2,1-2H3,(H,22,24). The number of hydrogen-bond acceptors (Lipinski definition) is 3. The number of unbranched alkanes of at least 4 members (excludes halogenated alkanes) is 1. The Morgan fingerprint density at radius 2 is 2.12 bits per heavy atom. The number of amides is 1. The molecule has 1 aromatic heterocycles. The van der Waals surface area contributed by atoms with Gasteiger partial charge in [-0.3, -0.25) is 9.78 Å². The predicted molar refractivity (Wildman–Crippen MR) is 99.9 cm³/mol. The van der Waals surface area contributed by atoms with Gasteiger partial charge in [0, 0.05) is 31.4 Å². The highest BCUT2D eigenvalue weighted by molar-refractivity contribution is 6.30. The van der Waals surface area contributed by atoms with Gasteiger partial charge in [-0.1, -0.05) is 37.1 Å². The summed E-state index contributed by atoms with van der Waals surface area (Å²) in [6.45, 7) is 3.68. The highest BCUT2D eigenvalue weighted by Crippen LogP contribution is 2.14. The maximum absolute atomic E-state index is 12.3. The van der Waals surface area contributed by atoms with E-state index in [1.54, 1.807) is 12.4 Å². The Labute approximate surface area is 148 Å². The first-order valence-electron chi connectivity index (χ1n) is 8.29. The number of halogens is 1. The van der Waals surface area contributed by atoms with E-state index < -0.39 is 0 Å². The molecule has 2 rings (SSSR count). The second kappa shape index (κ2) is 9.28. The van der Waals surface area contributed by atoms with Crippen LogP contribution in [0.4, 0.5) is 5.69 Å².